The average molecular weight is 346 g/mol. The molecule has 1 N–H and O–H groups in total. The van der Waals surface area contributed by atoms with E-state index in [1.807, 2.05) is 49.3 Å². The Labute approximate surface area is 146 Å². The molecule has 0 spiro atoms. The van der Waals surface area contributed by atoms with E-state index in [1.165, 1.54) is 0 Å². The van der Waals surface area contributed by atoms with E-state index in [2.05, 4.69) is 15.2 Å². The molecule has 1 aliphatic rings. The number of hydrogen-bond acceptors (Lipinski definition) is 6. The van der Waals surface area contributed by atoms with E-state index in [-0.39, 0.29) is 12.5 Å². The van der Waals surface area contributed by atoms with E-state index >= 15 is 0 Å². The summed E-state index contributed by atoms with van der Waals surface area (Å²) in [5.41, 5.74) is 1.97. The first-order chi connectivity index (χ1) is 11.6. The van der Waals surface area contributed by atoms with Gasteiger partial charge in [-0.3, -0.25) is 4.79 Å². The summed E-state index contributed by atoms with van der Waals surface area (Å²) in [6.07, 6.45) is 1.82. The van der Waals surface area contributed by atoms with Crippen molar-refractivity contribution in [3.63, 3.8) is 0 Å². The Morgan fingerprint density at radius 1 is 1.33 bits per heavy atom. The number of carbonyl (C=O) groups excluding carboxylic acids is 1. The molecule has 0 aliphatic carbocycles. The number of amides is 1. The van der Waals surface area contributed by atoms with Crippen LogP contribution in [-0.4, -0.2) is 50.8 Å². The zero-order valence-electron chi connectivity index (χ0n) is 14.0. The second kappa shape index (κ2) is 7.63. The third-order valence-electron chi connectivity index (χ3n) is 3.84. The van der Waals surface area contributed by atoms with Crippen LogP contribution in [0.2, 0.25) is 0 Å². The normalized spacial score (nSPS) is 14.5. The van der Waals surface area contributed by atoms with E-state index in [9.17, 15) is 4.79 Å². The van der Waals surface area contributed by atoms with Crippen LogP contribution in [0.1, 0.15) is 4.88 Å². The van der Waals surface area contributed by atoms with Gasteiger partial charge in [0, 0.05) is 42.6 Å². The Hall–Kier alpha value is -2.12. The Morgan fingerprint density at radius 3 is 2.67 bits per heavy atom. The van der Waals surface area contributed by atoms with E-state index in [1.54, 1.807) is 11.3 Å². The van der Waals surface area contributed by atoms with Gasteiger partial charge in [0.25, 0.3) is 0 Å². The molecule has 2 aromatic rings. The molecule has 0 unspecified atom stereocenters. The molecule has 24 heavy (non-hydrogen) atoms. The molecule has 0 atom stereocenters. The molecule has 1 saturated heterocycles. The molecule has 6 nitrogen and oxygen atoms in total. The number of anilines is 3. The second-order valence-electron chi connectivity index (χ2n) is 5.80. The van der Waals surface area contributed by atoms with Crippen molar-refractivity contribution in [2.24, 2.45) is 0 Å². The van der Waals surface area contributed by atoms with Crippen molar-refractivity contribution < 1.29 is 9.53 Å². The number of benzene rings is 1. The van der Waals surface area contributed by atoms with E-state index in [4.69, 9.17) is 4.74 Å². The number of rotatable bonds is 5. The lowest BCUT2D eigenvalue weighted by molar-refractivity contribution is -0.114. The van der Waals surface area contributed by atoms with E-state index in [0.717, 1.165) is 47.7 Å². The second-order valence-corrected chi connectivity index (χ2v) is 7.02. The fourth-order valence-corrected chi connectivity index (χ4v) is 3.30. The molecular formula is C17H22N4O2S. The first kappa shape index (κ1) is 16.7. The maximum atomic E-state index is 12.2. The van der Waals surface area contributed by atoms with Crippen LogP contribution in [0.3, 0.4) is 0 Å². The van der Waals surface area contributed by atoms with Crippen molar-refractivity contribution in [3.05, 3.63) is 35.3 Å². The fourth-order valence-electron chi connectivity index (χ4n) is 2.58. The van der Waals surface area contributed by atoms with Crippen LogP contribution in [0, 0.1) is 6.92 Å². The van der Waals surface area contributed by atoms with E-state index in [0.29, 0.717) is 0 Å². The molecule has 1 fully saturated rings. The van der Waals surface area contributed by atoms with Crippen molar-refractivity contribution in [3.8, 4) is 0 Å². The Bertz CT molecular complexity index is 680. The third-order valence-corrected chi connectivity index (χ3v) is 4.87. The van der Waals surface area contributed by atoms with Crippen LogP contribution < -0.4 is 15.1 Å². The van der Waals surface area contributed by atoms with Crippen molar-refractivity contribution in [2.45, 2.75) is 6.92 Å². The highest BCUT2D eigenvalue weighted by atomic mass is 32.1. The number of morpholine rings is 1. The third kappa shape index (κ3) is 4.24. The Morgan fingerprint density at radius 2 is 2.04 bits per heavy atom. The summed E-state index contributed by atoms with van der Waals surface area (Å²) in [5.74, 6) is -0.0514. The lowest BCUT2D eigenvalue weighted by Gasteiger charge is -2.28. The van der Waals surface area contributed by atoms with Gasteiger partial charge in [-0.25, -0.2) is 4.98 Å². The van der Waals surface area contributed by atoms with Gasteiger partial charge < -0.3 is 19.9 Å². The SMILES string of the molecule is Cc1cnc(N(C)CC(=O)Nc2ccc(N3CCOCC3)cc2)s1. The topological polar surface area (TPSA) is 57.7 Å². The first-order valence-electron chi connectivity index (χ1n) is 7.98. The largest absolute Gasteiger partial charge is 0.378 e. The summed E-state index contributed by atoms with van der Waals surface area (Å²) in [7, 11) is 1.87. The van der Waals surface area contributed by atoms with Gasteiger partial charge in [0.15, 0.2) is 5.13 Å². The summed E-state index contributed by atoms with van der Waals surface area (Å²) in [5, 5.41) is 3.78. The molecule has 2 heterocycles. The molecule has 0 radical (unpaired) electrons. The van der Waals surface area contributed by atoms with Crippen molar-refractivity contribution >= 4 is 33.8 Å². The maximum absolute atomic E-state index is 12.2. The number of thiazole rings is 1. The number of hydrogen-bond donors (Lipinski definition) is 1. The number of carbonyl (C=O) groups is 1. The van der Waals surface area contributed by atoms with E-state index < -0.39 is 0 Å². The summed E-state index contributed by atoms with van der Waals surface area (Å²) >= 11 is 1.58. The van der Waals surface area contributed by atoms with Gasteiger partial charge in [-0.05, 0) is 31.2 Å². The van der Waals surface area contributed by atoms with Crippen LogP contribution in [0.4, 0.5) is 16.5 Å². The molecule has 7 heteroatoms. The molecule has 3 rings (SSSR count). The minimum Gasteiger partial charge on any atom is -0.378 e. The van der Waals surface area contributed by atoms with Gasteiger partial charge in [0.05, 0.1) is 19.8 Å². The Balaban J connectivity index is 1.54. The lowest BCUT2D eigenvalue weighted by Crippen LogP contribution is -2.36. The van der Waals surface area contributed by atoms with Crippen molar-refractivity contribution in [2.75, 3.05) is 55.0 Å². The Kier molecular flexibility index (Phi) is 5.32. The molecule has 0 bridgehead atoms. The zero-order chi connectivity index (χ0) is 16.9. The van der Waals surface area contributed by atoms with Crippen LogP contribution in [-0.2, 0) is 9.53 Å². The number of aromatic nitrogens is 1. The van der Waals surface area contributed by atoms with Crippen molar-refractivity contribution in [1.82, 2.24) is 4.98 Å². The number of likely N-dealkylation sites (N-methyl/N-ethyl adjacent to an activating group) is 1. The quantitative estimate of drug-likeness (QED) is 0.901. The maximum Gasteiger partial charge on any atom is 0.243 e. The highest BCUT2D eigenvalue weighted by molar-refractivity contribution is 7.15. The molecular weight excluding hydrogens is 324 g/mol. The van der Waals surface area contributed by atoms with Crippen LogP contribution in [0.15, 0.2) is 30.5 Å². The van der Waals surface area contributed by atoms with Gasteiger partial charge in [0.1, 0.15) is 0 Å². The van der Waals surface area contributed by atoms with Crippen LogP contribution in [0.25, 0.3) is 0 Å². The number of aryl methyl sites for hydroxylation is 1. The minimum absolute atomic E-state index is 0.0514. The number of nitrogens with zero attached hydrogens (tertiary/aromatic N) is 3. The standard InChI is InChI=1S/C17H22N4O2S/c1-13-11-18-17(24-13)20(2)12-16(22)19-14-3-5-15(6-4-14)21-7-9-23-10-8-21/h3-6,11H,7-10,12H2,1-2H3,(H,19,22). The average Bonchev–Trinajstić information content (AvgIpc) is 3.03. The van der Waals surface area contributed by atoms with Crippen molar-refractivity contribution in [1.29, 1.82) is 0 Å². The molecule has 1 aromatic carbocycles. The first-order valence-corrected chi connectivity index (χ1v) is 8.79. The summed E-state index contributed by atoms with van der Waals surface area (Å²) < 4.78 is 5.36. The monoisotopic (exact) mass is 346 g/mol. The number of nitrogens with one attached hydrogen (secondary N) is 1. The summed E-state index contributed by atoms with van der Waals surface area (Å²) in [6, 6.07) is 7.95. The predicted octanol–water partition coefficient (Wildman–Crippen LogP) is 2.36. The van der Waals surface area contributed by atoms with Gasteiger partial charge in [-0.2, -0.15) is 0 Å². The summed E-state index contributed by atoms with van der Waals surface area (Å²) in [4.78, 5) is 21.8. The molecule has 1 aliphatic heterocycles. The highest BCUT2D eigenvalue weighted by Gasteiger charge is 2.12. The molecule has 1 amide bonds. The smallest absolute Gasteiger partial charge is 0.243 e. The minimum atomic E-state index is -0.0514. The lowest BCUT2D eigenvalue weighted by atomic mass is 10.2. The van der Waals surface area contributed by atoms with Crippen LogP contribution >= 0.6 is 11.3 Å². The predicted molar refractivity (Wildman–Crippen MR) is 98.2 cm³/mol. The van der Waals surface area contributed by atoms with Gasteiger partial charge in [-0.15, -0.1) is 11.3 Å². The fraction of sp³-hybridized carbons (Fsp3) is 0.412. The summed E-state index contributed by atoms with van der Waals surface area (Å²) in [6.45, 7) is 5.62. The van der Waals surface area contributed by atoms with Gasteiger partial charge >= 0.3 is 0 Å². The van der Waals surface area contributed by atoms with Crippen LogP contribution in [0.5, 0.6) is 0 Å². The number of ether oxygens (including phenoxy) is 1. The molecule has 128 valence electrons. The van der Waals surface area contributed by atoms with Gasteiger partial charge in [-0.1, -0.05) is 0 Å². The highest BCUT2D eigenvalue weighted by Crippen LogP contribution is 2.21. The molecule has 0 saturated carbocycles. The molecule has 1 aromatic heterocycles. The van der Waals surface area contributed by atoms with Gasteiger partial charge in [0.2, 0.25) is 5.91 Å². The zero-order valence-corrected chi connectivity index (χ0v) is 14.8.